The van der Waals surface area contributed by atoms with Crippen molar-refractivity contribution in [1.29, 1.82) is 0 Å². The molecule has 0 saturated carbocycles. The van der Waals surface area contributed by atoms with Crippen molar-refractivity contribution in [1.82, 2.24) is 15.5 Å². The zero-order valence-electron chi connectivity index (χ0n) is 13.7. The number of nitrogens with one attached hydrogen (secondary N) is 2. The van der Waals surface area contributed by atoms with Crippen LogP contribution in [0.5, 0.6) is 0 Å². The van der Waals surface area contributed by atoms with Gasteiger partial charge in [-0.15, -0.1) is 0 Å². The predicted molar refractivity (Wildman–Crippen MR) is 84.8 cm³/mol. The lowest BCUT2D eigenvalue weighted by molar-refractivity contribution is -0.124. The molecule has 0 aliphatic carbocycles. The van der Waals surface area contributed by atoms with Crippen LogP contribution in [-0.2, 0) is 4.79 Å². The molecule has 0 bridgehead atoms. The number of hydrogen-bond acceptors (Lipinski definition) is 3. The largest absolute Gasteiger partial charge is 0.353 e. The van der Waals surface area contributed by atoms with E-state index < -0.39 is 0 Å². The highest BCUT2D eigenvalue weighted by Crippen LogP contribution is 2.12. The second-order valence-electron chi connectivity index (χ2n) is 6.25. The summed E-state index contributed by atoms with van der Waals surface area (Å²) in [6.45, 7) is 12.7. The lowest BCUT2D eigenvalue weighted by atomic mass is 10.0. The molecule has 0 spiro atoms. The van der Waals surface area contributed by atoms with E-state index in [2.05, 4.69) is 43.2 Å². The molecule has 1 unspecified atom stereocenters. The van der Waals surface area contributed by atoms with E-state index in [1.807, 2.05) is 0 Å². The summed E-state index contributed by atoms with van der Waals surface area (Å²) in [6.07, 6.45) is 4.47. The summed E-state index contributed by atoms with van der Waals surface area (Å²) < 4.78 is 0. The van der Waals surface area contributed by atoms with Gasteiger partial charge >= 0.3 is 0 Å². The van der Waals surface area contributed by atoms with Gasteiger partial charge in [0.1, 0.15) is 0 Å². The van der Waals surface area contributed by atoms with Crippen LogP contribution in [0, 0.1) is 5.92 Å². The normalized spacial score (nSPS) is 21.2. The third-order valence-corrected chi connectivity index (χ3v) is 4.21. The average molecular weight is 283 g/mol. The monoisotopic (exact) mass is 283 g/mol. The highest BCUT2D eigenvalue weighted by Gasteiger charge is 2.23. The molecule has 1 aliphatic rings. The molecular formula is C16H33N3O. The molecule has 1 heterocycles. The number of hydrogen-bond donors (Lipinski definition) is 2. The van der Waals surface area contributed by atoms with E-state index >= 15 is 0 Å². The van der Waals surface area contributed by atoms with Gasteiger partial charge in [-0.3, -0.25) is 9.69 Å². The van der Waals surface area contributed by atoms with Crippen molar-refractivity contribution < 1.29 is 4.79 Å². The summed E-state index contributed by atoms with van der Waals surface area (Å²) >= 11 is 0. The van der Waals surface area contributed by atoms with Crippen molar-refractivity contribution in [3.05, 3.63) is 0 Å². The molecule has 1 aliphatic heterocycles. The third kappa shape index (κ3) is 5.80. The van der Waals surface area contributed by atoms with Crippen molar-refractivity contribution in [2.75, 3.05) is 26.2 Å². The molecule has 2 atom stereocenters. The number of carbonyl (C=O) groups excluding carboxylic acids is 1. The summed E-state index contributed by atoms with van der Waals surface area (Å²) in [5, 5.41) is 6.48. The topological polar surface area (TPSA) is 44.4 Å². The van der Waals surface area contributed by atoms with Gasteiger partial charge in [-0.2, -0.15) is 0 Å². The smallest absolute Gasteiger partial charge is 0.237 e. The lowest BCUT2D eigenvalue weighted by Gasteiger charge is -2.32. The molecule has 0 aromatic carbocycles. The Kier molecular flexibility index (Phi) is 8.15. The average Bonchev–Trinajstić information content (AvgIpc) is 2.45. The number of nitrogens with zero attached hydrogens (tertiary/aromatic N) is 1. The van der Waals surface area contributed by atoms with Gasteiger partial charge in [0.25, 0.3) is 0 Å². The van der Waals surface area contributed by atoms with Crippen molar-refractivity contribution in [3.63, 3.8) is 0 Å². The van der Waals surface area contributed by atoms with Crippen LogP contribution < -0.4 is 10.6 Å². The standard InChI is InChI=1S/C16H33N3O/c1-5-19(6-2)14(11-13(3)4)12-18-16(20)15-9-7-8-10-17-15/h13-15,17H,5-12H2,1-4H3,(H,18,20)/t14?,15-/m1/s1. The zero-order valence-corrected chi connectivity index (χ0v) is 13.7. The lowest BCUT2D eigenvalue weighted by Crippen LogP contribution is -2.51. The Labute approximate surface area is 124 Å². The molecule has 4 nitrogen and oxygen atoms in total. The van der Waals surface area contributed by atoms with Gasteiger partial charge in [0.05, 0.1) is 6.04 Å². The molecule has 1 saturated heterocycles. The fraction of sp³-hybridized carbons (Fsp3) is 0.938. The molecule has 1 fully saturated rings. The zero-order chi connectivity index (χ0) is 15.0. The molecule has 1 rings (SSSR count). The fourth-order valence-corrected chi connectivity index (χ4v) is 3.06. The third-order valence-electron chi connectivity index (χ3n) is 4.21. The summed E-state index contributed by atoms with van der Waals surface area (Å²) in [4.78, 5) is 14.6. The van der Waals surface area contributed by atoms with Crippen LogP contribution in [0.25, 0.3) is 0 Å². The van der Waals surface area contributed by atoms with E-state index in [4.69, 9.17) is 0 Å². The highest BCUT2D eigenvalue weighted by molar-refractivity contribution is 5.81. The Bertz CT molecular complexity index is 271. The first kappa shape index (κ1) is 17.4. The molecule has 20 heavy (non-hydrogen) atoms. The van der Waals surface area contributed by atoms with Crippen LogP contribution in [0.15, 0.2) is 0 Å². The Morgan fingerprint density at radius 1 is 1.30 bits per heavy atom. The van der Waals surface area contributed by atoms with Gasteiger partial charge < -0.3 is 10.6 Å². The van der Waals surface area contributed by atoms with E-state index in [0.29, 0.717) is 12.0 Å². The minimum Gasteiger partial charge on any atom is -0.353 e. The summed E-state index contributed by atoms with van der Waals surface area (Å²) in [5.74, 6) is 0.843. The number of rotatable bonds is 8. The Balaban J connectivity index is 2.45. The van der Waals surface area contributed by atoms with Gasteiger partial charge in [-0.25, -0.2) is 0 Å². The predicted octanol–water partition coefficient (Wildman–Crippen LogP) is 2.00. The van der Waals surface area contributed by atoms with Crippen LogP contribution in [-0.4, -0.2) is 49.1 Å². The fourth-order valence-electron chi connectivity index (χ4n) is 3.06. The van der Waals surface area contributed by atoms with Crippen molar-refractivity contribution in [2.45, 2.75) is 65.5 Å². The first-order valence-corrected chi connectivity index (χ1v) is 8.33. The van der Waals surface area contributed by atoms with E-state index in [0.717, 1.165) is 45.4 Å². The summed E-state index contributed by atoms with van der Waals surface area (Å²) in [6, 6.07) is 0.484. The van der Waals surface area contributed by atoms with Gasteiger partial charge in [-0.05, 0) is 44.8 Å². The first-order chi connectivity index (χ1) is 9.58. The SMILES string of the molecule is CCN(CC)C(CNC(=O)[C@H]1CCCCN1)CC(C)C. The van der Waals surface area contributed by atoms with E-state index in [9.17, 15) is 4.79 Å². The molecule has 0 aromatic rings. The van der Waals surface area contributed by atoms with Crippen LogP contribution in [0.3, 0.4) is 0 Å². The number of piperidine rings is 1. The van der Waals surface area contributed by atoms with E-state index in [1.54, 1.807) is 0 Å². The number of carbonyl (C=O) groups is 1. The Morgan fingerprint density at radius 3 is 2.50 bits per heavy atom. The quantitative estimate of drug-likeness (QED) is 0.716. The maximum absolute atomic E-state index is 12.2. The molecular weight excluding hydrogens is 250 g/mol. The van der Waals surface area contributed by atoms with Crippen LogP contribution >= 0.6 is 0 Å². The minimum atomic E-state index is 0.0279. The molecule has 0 radical (unpaired) electrons. The Morgan fingerprint density at radius 2 is 2.00 bits per heavy atom. The van der Waals surface area contributed by atoms with Gasteiger partial charge in [0, 0.05) is 12.6 Å². The Hall–Kier alpha value is -0.610. The highest BCUT2D eigenvalue weighted by atomic mass is 16.2. The van der Waals surface area contributed by atoms with Crippen molar-refractivity contribution >= 4 is 5.91 Å². The maximum atomic E-state index is 12.2. The molecule has 4 heteroatoms. The van der Waals surface area contributed by atoms with E-state index in [-0.39, 0.29) is 11.9 Å². The molecule has 118 valence electrons. The van der Waals surface area contributed by atoms with Gasteiger partial charge in [0.2, 0.25) is 5.91 Å². The molecule has 0 aromatic heterocycles. The second kappa shape index (κ2) is 9.35. The summed E-state index contributed by atoms with van der Waals surface area (Å²) in [5.41, 5.74) is 0. The molecule has 1 amide bonds. The van der Waals surface area contributed by atoms with E-state index in [1.165, 1.54) is 6.42 Å². The maximum Gasteiger partial charge on any atom is 0.237 e. The van der Waals surface area contributed by atoms with Crippen molar-refractivity contribution in [3.8, 4) is 0 Å². The first-order valence-electron chi connectivity index (χ1n) is 8.33. The van der Waals surface area contributed by atoms with Crippen LogP contribution in [0.2, 0.25) is 0 Å². The number of amides is 1. The van der Waals surface area contributed by atoms with Crippen LogP contribution in [0.1, 0.15) is 53.4 Å². The minimum absolute atomic E-state index is 0.0279. The van der Waals surface area contributed by atoms with Crippen molar-refractivity contribution in [2.24, 2.45) is 5.92 Å². The molecule has 2 N–H and O–H groups in total. The summed E-state index contributed by atoms with van der Waals surface area (Å²) in [7, 11) is 0. The second-order valence-corrected chi connectivity index (χ2v) is 6.25. The van der Waals surface area contributed by atoms with Gasteiger partial charge in [-0.1, -0.05) is 34.1 Å². The van der Waals surface area contributed by atoms with Gasteiger partial charge in [0.15, 0.2) is 0 Å². The number of likely N-dealkylation sites (N-methyl/N-ethyl adjacent to an activating group) is 1. The van der Waals surface area contributed by atoms with Crippen LogP contribution in [0.4, 0.5) is 0 Å².